The first kappa shape index (κ1) is 12.9. The van der Waals surface area contributed by atoms with Crippen molar-refractivity contribution in [2.75, 3.05) is 10.6 Å². The van der Waals surface area contributed by atoms with Gasteiger partial charge >= 0.3 is 0 Å². The van der Waals surface area contributed by atoms with Crippen LogP contribution < -0.4 is 10.6 Å². The third kappa shape index (κ3) is 2.23. The number of anilines is 2. The number of benzene rings is 2. The van der Waals surface area contributed by atoms with E-state index in [2.05, 4.69) is 0 Å². The minimum atomic E-state index is -0.367. The number of nitrogen functional groups attached to an aromatic ring is 1. The Kier molecular flexibility index (Phi) is 3.10. The van der Waals surface area contributed by atoms with Crippen LogP contribution in [0.3, 0.4) is 0 Å². The van der Waals surface area contributed by atoms with Crippen LogP contribution in [-0.4, -0.2) is 5.91 Å². The van der Waals surface area contributed by atoms with Crippen LogP contribution in [0.1, 0.15) is 11.1 Å². The Bertz CT molecular complexity index is 702. The zero-order valence-corrected chi connectivity index (χ0v) is 11.3. The molecular formula is C15H12ClFN2O. The predicted octanol–water partition coefficient (Wildman–Crippen LogP) is 3.15. The molecule has 2 N–H and O–H groups in total. The second-order valence-corrected chi connectivity index (χ2v) is 5.19. The number of carbonyl (C=O) groups excluding carboxylic acids is 1. The summed E-state index contributed by atoms with van der Waals surface area (Å²) in [4.78, 5) is 13.7. The molecule has 0 radical (unpaired) electrons. The molecule has 1 aliphatic rings. The van der Waals surface area contributed by atoms with Gasteiger partial charge in [-0.15, -0.1) is 0 Å². The van der Waals surface area contributed by atoms with Crippen LogP contribution in [0.2, 0.25) is 5.02 Å². The fourth-order valence-corrected chi connectivity index (χ4v) is 2.59. The van der Waals surface area contributed by atoms with E-state index < -0.39 is 0 Å². The van der Waals surface area contributed by atoms with E-state index in [1.807, 2.05) is 6.07 Å². The molecule has 102 valence electrons. The molecule has 0 saturated heterocycles. The van der Waals surface area contributed by atoms with Crippen molar-refractivity contribution < 1.29 is 9.18 Å². The van der Waals surface area contributed by atoms with Gasteiger partial charge in [-0.1, -0.05) is 11.6 Å². The minimum Gasteiger partial charge on any atom is -0.399 e. The highest BCUT2D eigenvalue weighted by Crippen LogP contribution is 2.32. The highest BCUT2D eigenvalue weighted by molar-refractivity contribution is 6.31. The maximum absolute atomic E-state index is 13.3. The largest absolute Gasteiger partial charge is 0.399 e. The van der Waals surface area contributed by atoms with Crippen LogP contribution in [0.4, 0.5) is 15.8 Å². The van der Waals surface area contributed by atoms with E-state index in [0.717, 1.165) is 11.3 Å². The summed E-state index contributed by atoms with van der Waals surface area (Å²) in [5, 5.41) is 0.447. The number of hydrogen-bond acceptors (Lipinski definition) is 2. The van der Waals surface area contributed by atoms with E-state index in [4.69, 9.17) is 17.3 Å². The third-order valence-corrected chi connectivity index (χ3v) is 3.74. The van der Waals surface area contributed by atoms with E-state index >= 15 is 0 Å². The smallest absolute Gasteiger partial charge is 0.231 e. The average Bonchev–Trinajstić information content (AvgIpc) is 2.69. The lowest BCUT2D eigenvalue weighted by atomic mass is 10.1. The fraction of sp³-hybridized carbons (Fsp3) is 0.133. The third-order valence-electron chi connectivity index (χ3n) is 3.37. The summed E-state index contributed by atoms with van der Waals surface area (Å²) in [7, 11) is 0. The first-order valence-electron chi connectivity index (χ1n) is 6.17. The summed E-state index contributed by atoms with van der Waals surface area (Å²) in [6, 6.07) is 9.49. The van der Waals surface area contributed by atoms with Crippen LogP contribution in [0.5, 0.6) is 0 Å². The number of amides is 1. The molecule has 0 spiro atoms. The number of hydrogen-bond donors (Lipinski definition) is 1. The molecule has 0 unspecified atom stereocenters. The van der Waals surface area contributed by atoms with Crippen LogP contribution >= 0.6 is 11.6 Å². The van der Waals surface area contributed by atoms with Crippen LogP contribution in [0, 0.1) is 5.82 Å². The van der Waals surface area contributed by atoms with Crippen LogP contribution in [0.25, 0.3) is 0 Å². The Morgan fingerprint density at radius 2 is 2.05 bits per heavy atom. The molecule has 5 heteroatoms. The molecule has 1 aliphatic heterocycles. The zero-order chi connectivity index (χ0) is 14.3. The van der Waals surface area contributed by atoms with Gasteiger partial charge in [-0.05, 0) is 47.5 Å². The number of nitrogens with two attached hydrogens (primary N) is 1. The summed E-state index contributed by atoms with van der Waals surface area (Å²) in [6.45, 7) is 0.256. The minimum absolute atomic E-state index is 0.0362. The lowest BCUT2D eigenvalue weighted by Gasteiger charge is -2.18. The molecule has 2 aromatic carbocycles. The Morgan fingerprint density at radius 3 is 2.85 bits per heavy atom. The molecule has 3 rings (SSSR count). The molecule has 20 heavy (non-hydrogen) atoms. The number of halogens is 2. The van der Waals surface area contributed by atoms with E-state index in [1.165, 1.54) is 18.2 Å². The molecule has 0 atom stereocenters. The van der Waals surface area contributed by atoms with Gasteiger partial charge in [0.2, 0.25) is 5.91 Å². The molecule has 0 aliphatic carbocycles. The first-order valence-corrected chi connectivity index (χ1v) is 6.55. The fourth-order valence-electron chi connectivity index (χ4n) is 2.41. The van der Waals surface area contributed by atoms with E-state index in [1.54, 1.807) is 17.0 Å². The Morgan fingerprint density at radius 1 is 1.25 bits per heavy atom. The van der Waals surface area contributed by atoms with Crippen molar-refractivity contribution >= 4 is 28.9 Å². The van der Waals surface area contributed by atoms with E-state index in [0.29, 0.717) is 22.7 Å². The number of rotatable bonds is 2. The standard InChI is InChI=1S/C15H12ClFN2O/c16-13-3-1-11(17)5-10(13)8-19-14-4-2-12(18)6-9(14)7-15(19)20/h1-6H,7-8,18H2. The Labute approximate surface area is 120 Å². The van der Waals surface area contributed by atoms with Gasteiger partial charge in [0.05, 0.1) is 13.0 Å². The summed E-state index contributed by atoms with van der Waals surface area (Å²) in [6.07, 6.45) is 0.313. The monoisotopic (exact) mass is 290 g/mol. The summed E-state index contributed by atoms with van der Waals surface area (Å²) < 4.78 is 13.3. The SMILES string of the molecule is Nc1ccc2c(c1)CC(=O)N2Cc1cc(F)ccc1Cl. The number of carbonyl (C=O) groups is 1. The molecule has 0 aromatic heterocycles. The molecular weight excluding hydrogens is 279 g/mol. The molecule has 1 heterocycles. The maximum Gasteiger partial charge on any atom is 0.231 e. The van der Waals surface area contributed by atoms with Crippen molar-refractivity contribution in [3.05, 3.63) is 58.4 Å². The van der Waals surface area contributed by atoms with E-state index in [9.17, 15) is 9.18 Å². The molecule has 0 saturated carbocycles. The van der Waals surface area contributed by atoms with Gasteiger partial charge in [-0.3, -0.25) is 4.79 Å². The quantitative estimate of drug-likeness (QED) is 0.864. The summed E-state index contributed by atoms with van der Waals surface area (Å²) in [5.41, 5.74) is 8.63. The second kappa shape index (κ2) is 4.80. The van der Waals surface area contributed by atoms with Gasteiger partial charge in [-0.25, -0.2) is 4.39 Å². The van der Waals surface area contributed by atoms with Crippen molar-refractivity contribution in [2.45, 2.75) is 13.0 Å². The molecule has 3 nitrogen and oxygen atoms in total. The Balaban J connectivity index is 1.96. The average molecular weight is 291 g/mol. The maximum atomic E-state index is 13.3. The normalized spacial score (nSPS) is 13.7. The summed E-state index contributed by atoms with van der Waals surface area (Å²) in [5.74, 6) is -0.403. The van der Waals surface area contributed by atoms with Gasteiger partial charge in [0.15, 0.2) is 0 Å². The van der Waals surface area contributed by atoms with Crippen molar-refractivity contribution in [1.82, 2.24) is 0 Å². The number of nitrogens with zero attached hydrogens (tertiary/aromatic N) is 1. The van der Waals surface area contributed by atoms with Crippen LogP contribution in [-0.2, 0) is 17.8 Å². The van der Waals surface area contributed by atoms with Crippen molar-refractivity contribution in [3.63, 3.8) is 0 Å². The predicted molar refractivity (Wildman–Crippen MR) is 77.2 cm³/mol. The second-order valence-electron chi connectivity index (χ2n) is 4.78. The lowest BCUT2D eigenvalue weighted by Crippen LogP contribution is -2.26. The molecule has 2 aromatic rings. The van der Waals surface area contributed by atoms with Crippen molar-refractivity contribution in [1.29, 1.82) is 0 Å². The number of fused-ring (bicyclic) bond motifs is 1. The van der Waals surface area contributed by atoms with Gasteiger partial charge in [-0.2, -0.15) is 0 Å². The molecule has 0 fully saturated rings. The lowest BCUT2D eigenvalue weighted by molar-refractivity contribution is -0.117. The highest BCUT2D eigenvalue weighted by Gasteiger charge is 2.27. The zero-order valence-electron chi connectivity index (χ0n) is 10.6. The van der Waals surface area contributed by atoms with Gasteiger partial charge in [0, 0.05) is 16.4 Å². The first-order chi connectivity index (χ1) is 9.54. The topological polar surface area (TPSA) is 46.3 Å². The van der Waals surface area contributed by atoms with Gasteiger partial charge in [0.25, 0.3) is 0 Å². The molecule has 1 amide bonds. The van der Waals surface area contributed by atoms with E-state index in [-0.39, 0.29) is 18.3 Å². The van der Waals surface area contributed by atoms with Crippen molar-refractivity contribution in [2.24, 2.45) is 0 Å². The molecule has 0 bridgehead atoms. The van der Waals surface area contributed by atoms with Gasteiger partial charge in [0.1, 0.15) is 5.82 Å². The van der Waals surface area contributed by atoms with Crippen LogP contribution in [0.15, 0.2) is 36.4 Å². The summed E-state index contributed by atoms with van der Waals surface area (Å²) >= 11 is 6.05. The van der Waals surface area contributed by atoms with Crippen molar-refractivity contribution in [3.8, 4) is 0 Å². The van der Waals surface area contributed by atoms with Gasteiger partial charge < -0.3 is 10.6 Å². The highest BCUT2D eigenvalue weighted by atomic mass is 35.5. The Hall–Kier alpha value is -2.07.